The number of ketones is 1. The summed E-state index contributed by atoms with van der Waals surface area (Å²) >= 11 is 9.22. The molecule has 0 aliphatic heterocycles. The highest BCUT2D eigenvalue weighted by atomic mass is 79.9. The first-order valence-electron chi connectivity index (χ1n) is 5.99. The van der Waals surface area contributed by atoms with Gasteiger partial charge in [-0.25, -0.2) is 0 Å². The predicted octanol–water partition coefficient (Wildman–Crippen LogP) is 3.93. The molecule has 0 fully saturated rings. The Hall–Kier alpha value is -1.72. The van der Waals surface area contributed by atoms with Gasteiger partial charge in [-0.05, 0) is 46.3 Å². The molecule has 2 aromatic rings. The minimum absolute atomic E-state index is 0.246. The molecule has 21 heavy (non-hydrogen) atoms. The molecule has 0 aliphatic rings. The highest BCUT2D eigenvalue weighted by molar-refractivity contribution is 9.10. The van der Waals surface area contributed by atoms with Crippen LogP contribution in [-0.2, 0) is 0 Å². The molecular formula is C15H13BrClNO3. The Labute approximate surface area is 135 Å². The molecule has 0 saturated carbocycles. The normalized spacial score (nSPS) is 10.3. The van der Waals surface area contributed by atoms with E-state index in [0.717, 1.165) is 0 Å². The first-order valence-corrected chi connectivity index (χ1v) is 7.17. The Balaban J connectivity index is 2.55. The number of halogens is 2. The van der Waals surface area contributed by atoms with Gasteiger partial charge in [0, 0.05) is 16.3 Å². The van der Waals surface area contributed by atoms with Crippen molar-refractivity contribution >= 4 is 39.0 Å². The summed E-state index contributed by atoms with van der Waals surface area (Å²) in [6.07, 6.45) is 0. The summed E-state index contributed by atoms with van der Waals surface area (Å²) in [5.41, 5.74) is 6.94. The van der Waals surface area contributed by atoms with Gasteiger partial charge in [-0.3, -0.25) is 4.79 Å². The highest BCUT2D eigenvalue weighted by Gasteiger charge is 2.21. The quantitative estimate of drug-likeness (QED) is 0.654. The van der Waals surface area contributed by atoms with Crippen LogP contribution < -0.4 is 15.2 Å². The number of anilines is 1. The fourth-order valence-corrected chi connectivity index (χ4v) is 2.81. The number of rotatable bonds is 4. The van der Waals surface area contributed by atoms with Gasteiger partial charge in [0.25, 0.3) is 0 Å². The first kappa shape index (κ1) is 15.7. The Morgan fingerprint density at radius 3 is 2.38 bits per heavy atom. The number of nitrogens with two attached hydrogens (primary N) is 1. The molecule has 0 aromatic heterocycles. The number of methoxy groups -OCH3 is 2. The standard InChI is InChI=1S/C15H13BrClNO3/c1-20-12-6-5-10(15(21-2)13(12)16)14(19)9-4-3-8(17)7-11(9)18/h3-7H,18H2,1-2H3. The number of hydrogen-bond acceptors (Lipinski definition) is 4. The van der Waals surface area contributed by atoms with E-state index in [4.69, 9.17) is 26.8 Å². The number of carbonyl (C=O) groups is 1. The van der Waals surface area contributed by atoms with Crippen LogP contribution in [0.3, 0.4) is 0 Å². The molecule has 4 nitrogen and oxygen atoms in total. The van der Waals surface area contributed by atoms with Gasteiger partial charge in [0.05, 0.1) is 19.8 Å². The molecule has 0 spiro atoms. The van der Waals surface area contributed by atoms with Crippen molar-refractivity contribution in [2.75, 3.05) is 20.0 Å². The molecule has 0 heterocycles. The molecule has 0 atom stereocenters. The van der Waals surface area contributed by atoms with Crippen LogP contribution in [0.1, 0.15) is 15.9 Å². The fraction of sp³-hybridized carbons (Fsp3) is 0.133. The van der Waals surface area contributed by atoms with Crippen LogP contribution in [0.15, 0.2) is 34.8 Å². The van der Waals surface area contributed by atoms with E-state index < -0.39 is 0 Å². The van der Waals surface area contributed by atoms with Gasteiger partial charge in [-0.1, -0.05) is 11.6 Å². The van der Waals surface area contributed by atoms with E-state index in [0.29, 0.717) is 37.8 Å². The van der Waals surface area contributed by atoms with Gasteiger partial charge < -0.3 is 15.2 Å². The smallest absolute Gasteiger partial charge is 0.198 e. The zero-order valence-electron chi connectivity index (χ0n) is 11.4. The molecule has 2 N–H and O–H groups in total. The molecule has 0 aliphatic carbocycles. The van der Waals surface area contributed by atoms with Gasteiger partial charge in [0.1, 0.15) is 16.0 Å². The summed E-state index contributed by atoms with van der Waals surface area (Å²) in [7, 11) is 3.03. The average Bonchev–Trinajstić information content (AvgIpc) is 2.46. The zero-order chi connectivity index (χ0) is 15.6. The average molecular weight is 371 g/mol. The second kappa shape index (κ2) is 6.37. The van der Waals surface area contributed by atoms with E-state index in [1.807, 2.05) is 0 Å². The summed E-state index contributed by atoms with van der Waals surface area (Å²) < 4.78 is 11.1. The van der Waals surface area contributed by atoms with E-state index in [9.17, 15) is 4.79 Å². The number of hydrogen-bond donors (Lipinski definition) is 1. The fourth-order valence-electron chi connectivity index (χ4n) is 1.96. The second-order valence-corrected chi connectivity index (χ2v) is 5.45. The molecule has 0 unspecified atom stereocenters. The van der Waals surface area contributed by atoms with Crippen molar-refractivity contribution in [2.24, 2.45) is 0 Å². The largest absolute Gasteiger partial charge is 0.495 e. The van der Waals surface area contributed by atoms with Crippen molar-refractivity contribution in [1.82, 2.24) is 0 Å². The van der Waals surface area contributed by atoms with E-state index in [1.165, 1.54) is 14.2 Å². The van der Waals surface area contributed by atoms with Crippen molar-refractivity contribution in [2.45, 2.75) is 0 Å². The maximum atomic E-state index is 12.6. The molecule has 0 radical (unpaired) electrons. The van der Waals surface area contributed by atoms with Gasteiger partial charge in [0.2, 0.25) is 0 Å². The third-order valence-corrected chi connectivity index (χ3v) is 3.97. The Bertz CT molecular complexity index is 704. The molecule has 2 rings (SSSR count). The Morgan fingerprint density at radius 2 is 1.81 bits per heavy atom. The van der Waals surface area contributed by atoms with Crippen LogP contribution in [0.5, 0.6) is 11.5 Å². The van der Waals surface area contributed by atoms with Crippen molar-refractivity contribution in [3.05, 3.63) is 51.0 Å². The van der Waals surface area contributed by atoms with Gasteiger partial charge in [-0.15, -0.1) is 0 Å². The Kier molecular flexibility index (Phi) is 4.75. The second-order valence-electron chi connectivity index (χ2n) is 4.22. The lowest BCUT2D eigenvalue weighted by Gasteiger charge is -2.13. The van der Waals surface area contributed by atoms with Crippen LogP contribution in [0.4, 0.5) is 5.69 Å². The van der Waals surface area contributed by atoms with Crippen molar-refractivity contribution in [3.8, 4) is 11.5 Å². The lowest BCUT2D eigenvalue weighted by atomic mass is 10.0. The summed E-state index contributed by atoms with van der Waals surface area (Å²) in [5, 5.41) is 0.479. The lowest BCUT2D eigenvalue weighted by molar-refractivity contribution is 0.103. The monoisotopic (exact) mass is 369 g/mol. The van der Waals surface area contributed by atoms with Gasteiger partial charge in [-0.2, -0.15) is 0 Å². The lowest BCUT2D eigenvalue weighted by Crippen LogP contribution is -2.08. The van der Waals surface area contributed by atoms with Gasteiger partial charge >= 0.3 is 0 Å². The van der Waals surface area contributed by atoms with Crippen molar-refractivity contribution in [1.29, 1.82) is 0 Å². The highest BCUT2D eigenvalue weighted by Crippen LogP contribution is 2.38. The molecule has 110 valence electrons. The predicted molar refractivity (Wildman–Crippen MR) is 86.5 cm³/mol. The minimum atomic E-state index is -0.246. The summed E-state index contributed by atoms with van der Waals surface area (Å²) in [5.74, 6) is 0.727. The third kappa shape index (κ3) is 2.99. The zero-order valence-corrected chi connectivity index (χ0v) is 13.8. The first-order chi connectivity index (χ1) is 9.99. The van der Waals surface area contributed by atoms with Crippen LogP contribution in [-0.4, -0.2) is 20.0 Å². The minimum Gasteiger partial charge on any atom is -0.495 e. The molecule has 2 aromatic carbocycles. The molecular weight excluding hydrogens is 358 g/mol. The number of ether oxygens (including phenoxy) is 2. The summed E-state index contributed by atoms with van der Waals surface area (Å²) in [6, 6.07) is 8.08. The van der Waals surface area contributed by atoms with E-state index in [-0.39, 0.29) is 5.78 Å². The van der Waals surface area contributed by atoms with E-state index in [1.54, 1.807) is 30.3 Å². The van der Waals surface area contributed by atoms with E-state index in [2.05, 4.69) is 15.9 Å². The molecule has 0 bridgehead atoms. The summed E-state index contributed by atoms with van der Waals surface area (Å²) in [6.45, 7) is 0. The van der Waals surface area contributed by atoms with Crippen molar-refractivity contribution in [3.63, 3.8) is 0 Å². The molecule has 6 heteroatoms. The maximum absolute atomic E-state index is 12.6. The van der Waals surface area contributed by atoms with Crippen LogP contribution in [0.25, 0.3) is 0 Å². The van der Waals surface area contributed by atoms with Gasteiger partial charge in [0.15, 0.2) is 5.78 Å². The SMILES string of the molecule is COc1ccc(C(=O)c2ccc(Cl)cc2N)c(OC)c1Br. The van der Waals surface area contributed by atoms with Crippen LogP contribution >= 0.6 is 27.5 Å². The number of benzene rings is 2. The van der Waals surface area contributed by atoms with Crippen LogP contribution in [0, 0.1) is 0 Å². The van der Waals surface area contributed by atoms with E-state index >= 15 is 0 Å². The summed E-state index contributed by atoms with van der Waals surface area (Å²) in [4.78, 5) is 12.6. The van der Waals surface area contributed by atoms with Crippen molar-refractivity contribution < 1.29 is 14.3 Å². The third-order valence-electron chi connectivity index (χ3n) is 2.99. The van der Waals surface area contributed by atoms with Crippen LogP contribution in [0.2, 0.25) is 5.02 Å². The number of carbonyl (C=O) groups excluding carboxylic acids is 1. The number of nitrogen functional groups attached to an aromatic ring is 1. The Morgan fingerprint density at radius 1 is 1.14 bits per heavy atom. The molecule has 0 amide bonds. The maximum Gasteiger partial charge on any atom is 0.198 e. The molecule has 0 saturated heterocycles. The topological polar surface area (TPSA) is 61.5 Å².